The summed E-state index contributed by atoms with van der Waals surface area (Å²) in [7, 11) is 0. The molecule has 25 heavy (non-hydrogen) atoms. The lowest BCUT2D eigenvalue weighted by molar-refractivity contribution is -0.168. The number of rotatable bonds is 7. The van der Waals surface area contributed by atoms with Crippen LogP contribution in [0.1, 0.15) is 46.3 Å². The van der Waals surface area contributed by atoms with Gasteiger partial charge in [-0.25, -0.2) is 4.79 Å². The van der Waals surface area contributed by atoms with Crippen LogP contribution < -0.4 is 11.4 Å². The second-order valence-corrected chi connectivity index (χ2v) is 6.48. The van der Waals surface area contributed by atoms with E-state index in [4.69, 9.17) is 19.9 Å². The van der Waals surface area contributed by atoms with Gasteiger partial charge in [0, 0.05) is 6.20 Å². The summed E-state index contributed by atoms with van der Waals surface area (Å²) in [5.74, 6) is -0.132. The number of unbranched alkanes of at least 4 members (excludes halogenated alkanes) is 1. The second kappa shape index (κ2) is 9.17. The van der Waals surface area contributed by atoms with Crippen LogP contribution >= 0.6 is 12.4 Å². The van der Waals surface area contributed by atoms with Crippen molar-refractivity contribution >= 4 is 24.2 Å². The van der Waals surface area contributed by atoms with Crippen LogP contribution in [0.25, 0.3) is 0 Å². The van der Waals surface area contributed by atoms with Crippen molar-refractivity contribution in [1.82, 2.24) is 9.55 Å². The molecular weight excluding hydrogens is 350 g/mol. The zero-order valence-corrected chi connectivity index (χ0v) is 15.6. The van der Waals surface area contributed by atoms with Gasteiger partial charge >= 0.3 is 11.7 Å². The molecule has 0 amide bonds. The molecule has 2 unspecified atom stereocenters. The Morgan fingerprint density at radius 1 is 1.52 bits per heavy atom. The van der Waals surface area contributed by atoms with Crippen LogP contribution in [0.2, 0.25) is 0 Å². The van der Waals surface area contributed by atoms with E-state index in [-0.39, 0.29) is 37.4 Å². The average molecular weight is 376 g/mol. The molecule has 1 aromatic heterocycles. The normalized spacial score (nSPS) is 20.1. The number of ether oxygens (including phenoxy) is 3. The Balaban J connectivity index is 0.00000312. The number of nitrogens with zero attached hydrogens (tertiary/aromatic N) is 2. The quantitative estimate of drug-likeness (QED) is 0.725. The summed E-state index contributed by atoms with van der Waals surface area (Å²) < 4.78 is 17.6. The summed E-state index contributed by atoms with van der Waals surface area (Å²) >= 11 is 0. The van der Waals surface area contributed by atoms with Crippen LogP contribution in [0.4, 0.5) is 5.82 Å². The van der Waals surface area contributed by atoms with Crippen molar-refractivity contribution in [2.45, 2.75) is 52.6 Å². The monoisotopic (exact) mass is 375 g/mol. The van der Waals surface area contributed by atoms with Crippen molar-refractivity contribution in [3.05, 3.63) is 22.7 Å². The predicted octanol–water partition coefficient (Wildman–Crippen LogP) is 1.88. The maximum absolute atomic E-state index is 12.2. The van der Waals surface area contributed by atoms with E-state index in [9.17, 15) is 9.59 Å². The molecule has 0 aromatic carbocycles. The lowest BCUT2D eigenvalue weighted by Crippen LogP contribution is -2.31. The van der Waals surface area contributed by atoms with Crippen LogP contribution in [-0.4, -0.2) is 35.0 Å². The Kier molecular flexibility index (Phi) is 7.85. The highest BCUT2D eigenvalue weighted by Crippen LogP contribution is 2.26. The molecule has 0 bridgehead atoms. The third kappa shape index (κ3) is 5.69. The first-order chi connectivity index (χ1) is 11.3. The molecule has 9 heteroatoms. The molecule has 1 saturated heterocycles. The van der Waals surface area contributed by atoms with Crippen molar-refractivity contribution in [1.29, 1.82) is 0 Å². The first kappa shape index (κ1) is 21.4. The fraction of sp³-hybridized carbons (Fsp3) is 0.688. The van der Waals surface area contributed by atoms with Gasteiger partial charge in [-0.05, 0) is 26.3 Å². The van der Waals surface area contributed by atoms with E-state index in [1.165, 1.54) is 16.8 Å². The molecular formula is C16H26ClN3O5. The van der Waals surface area contributed by atoms with Crippen LogP contribution in [0.15, 0.2) is 17.1 Å². The van der Waals surface area contributed by atoms with Crippen LogP contribution in [0, 0.1) is 5.41 Å². The number of nitrogen functional groups attached to an aromatic ring is 1. The Morgan fingerprint density at radius 2 is 2.24 bits per heavy atom. The van der Waals surface area contributed by atoms with E-state index >= 15 is 0 Å². The van der Waals surface area contributed by atoms with E-state index in [0.717, 1.165) is 19.3 Å². The zero-order chi connectivity index (χ0) is 17.7. The number of hydrogen-bond donors (Lipinski definition) is 1. The van der Waals surface area contributed by atoms with Gasteiger partial charge in [-0.3, -0.25) is 9.36 Å². The molecule has 2 atom stereocenters. The van der Waals surface area contributed by atoms with Crippen LogP contribution in [-0.2, 0) is 19.0 Å². The third-order valence-corrected chi connectivity index (χ3v) is 3.95. The standard InChI is InChI=1S/C16H25N3O5.ClH/c1-4-5-7-16(2,3)14(20)23-10-13-22-9-12(24-13)19-8-6-11(17)18-15(19)21;/h6,8,12-13H,4-5,7,9-10H2,1-3H3,(H2,17,18,21);1H. The van der Waals surface area contributed by atoms with Gasteiger partial charge in [0.25, 0.3) is 0 Å². The van der Waals surface area contributed by atoms with Gasteiger partial charge in [0.2, 0.25) is 0 Å². The molecule has 142 valence electrons. The highest BCUT2D eigenvalue weighted by atomic mass is 35.5. The van der Waals surface area contributed by atoms with Gasteiger partial charge < -0.3 is 19.9 Å². The van der Waals surface area contributed by atoms with Crippen molar-refractivity contribution < 1.29 is 19.0 Å². The summed E-state index contributed by atoms with van der Waals surface area (Å²) in [5, 5.41) is 0. The third-order valence-electron chi connectivity index (χ3n) is 3.95. The largest absolute Gasteiger partial charge is 0.460 e. The number of anilines is 1. The van der Waals surface area contributed by atoms with Gasteiger partial charge in [0.05, 0.1) is 12.0 Å². The molecule has 0 spiro atoms. The number of nitrogens with two attached hydrogens (primary N) is 1. The lowest BCUT2D eigenvalue weighted by atomic mass is 9.87. The van der Waals surface area contributed by atoms with E-state index in [1.54, 1.807) is 0 Å². The summed E-state index contributed by atoms with van der Waals surface area (Å²) in [5.41, 5.74) is 4.41. The molecule has 0 aliphatic carbocycles. The summed E-state index contributed by atoms with van der Waals surface area (Å²) in [6.07, 6.45) is 2.95. The molecule has 1 aliphatic heterocycles. The van der Waals surface area contributed by atoms with Crippen molar-refractivity contribution in [3.63, 3.8) is 0 Å². The lowest BCUT2D eigenvalue weighted by Gasteiger charge is -2.23. The summed E-state index contributed by atoms with van der Waals surface area (Å²) in [4.78, 5) is 27.6. The fourth-order valence-electron chi connectivity index (χ4n) is 2.38. The van der Waals surface area contributed by atoms with Gasteiger partial charge in [-0.2, -0.15) is 4.98 Å². The predicted molar refractivity (Wildman–Crippen MR) is 94.3 cm³/mol. The van der Waals surface area contributed by atoms with Gasteiger partial charge in [0.15, 0.2) is 12.5 Å². The average Bonchev–Trinajstić information content (AvgIpc) is 2.99. The molecule has 2 N–H and O–H groups in total. The van der Waals surface area contributed by atoms with E-state index in [0.29, 0.717) is 0 Å². The zero-order valence-electron chi connectivity index (χ0n) is 14.8. The number of hydrogen-bond acceptors (Lipinski definition) is 7. The molecule has 2 rings (SSSR count). The van der Waals surface area contributed by atoms with Gasteiger partial charge in [-0.15, -0.1) is 12.4 Å². The molecule has 1 aromatic rings. The fourth-order valence-corrected chi connectivity index (χ4v) is 2.38. The maximum Gasteiger partial charge on any atom is 0.351 e. The molecule has 1 aliphatic rings. The number of halogens is 1. The SMILES string of the molecule is CCCCC(C)(C)C(=O)OCC1OCC(n2ccc(N)nc2=O)O1.Cl. The van der Waals surface area contributed by atoms with E-state index in [2.05, 4.69) is 11.9 Å². The molecule has 0 saturated carbocycles. The Morgan fingerprint density at radius 3 is 2.88 bits per heavy atom. The Labute approximate surface area is 153 Å². The van der Waals surface area contributed by atoms with Crippen molar-refractivity contribution in [3.8, 4) is 0 Å². The highest BCUT2D eigenvalue weighted by Gasteiger charge is 2.32. The number of carbonyl (C=O) groups excluding carboxylic acids is 1. The molecule has 2 heterocycles. The van der Waals surface area contributed by atoms with Gasteiger partial charge in [0.1, 0.15) is 12.4 Å². The van der Waals surface area contributed by atoms with Crippen molar-refractivity contribution in [2.75, 3.05) is 18.9 Å². The first-order valence-electron chi connectivity index (χ1n) is 8.12. The van der Waals surface area contributed by atoms with E-state index in [1.807, 2.05) is 13.8 Å². The van der Waals surface area contributed by atoms with Crippen LogP contribution in [0.3, 0.4) is 0 Å². The Bertz CT molecular complexity index is 634. The van der Waals surface area contributed by atoms with Crippen molar-refractivity contribution in [2.24, 2.45) is 5.41 Å². The highest BCUT2D eigenvalue weighted by molar-refractivity contribution is 5.85. The topological polar surface area (TPSA) is 106 Å². The Hall–Kier alpha value is -1.64. The van der Waals surface area contributed by atoms with E-state index < -0.39 is 23.6 Å². The minimum atomic E-state index is -0.703. The molecule has 0 radical (unpaired) electrons. The van der Waals surface area contributed by atoms with Crippen LogP contribution in [0.5, 0.6) is 0 Å². The second-order valence-electron chi connectivity index (χ2n) is 6.48. The maximum atomic E-state index is 12.2. The molecule has 8 nitrogen and oxygen atoms in total. The molecule has 1 fully saturated rings. The first-order valence-corrected chi connectivity index (χ1v) is 8.12. The summed E-state index contributed by atoms with van der Waals surface area (Å²) in [6, 6.07) is 1.51. The number of carbonyl (C=O) groups is 1. The summed E-state index contributed by atoms with van der Waals surface area (Å²) in [6.45, 7) is 5.97. The minimum Gasteiger partial charge on any atom is -0.460 e. The number of esters is 1. The van der Waals surface area contributed by atoms with Gasteiger partial charge in [-0.1, -0.05) is 19.8 Å². The number of aromatic nitrogens is 2. The smallest absolute Gasteiger partial charge is 0.351 e. The minimum absolute atomic E-state index is 0.